The number of anilines is 3. The lowest BCUT2D eigenvalue weighted by Crippen LogP contribution is -2.20. The van der Waals surface area contributed by atoms with Crippen molar-refractivity contribution in [1.82, 2.24) is 0 Å². The first-order valence-corrected chi connectivity index (χ1v) is 19.6. The molecule has 8 aromatic carbocycles. The minimum Gasteiger partial charge on any atom is -0.456 e. The van der Waals surface area contributed by atoms with Gasteiger partial charge in [0.25, 0.3) is 0 Å². The Morgan fingerprint density at radius 3 is 1.76 bits per heavy atom. The van der Waals surface area contributed by atoms with E-state index >= 15 is 0 Å². The maximum Gasteiger partial charge on any atom is 0.135 e. The third-order valence-electron chi connectivity index (χ3n) is 12.3. The first-order valence-electron chi connectivity index (χ1n) is 19.6. The van der Waals surface area contributed by atoms with Crippen LogP contribution in [0.1, 0.15) is 36.8 Å². The van der Waals surface area contributed by atoms with Crippen molar-refractivity contribution in [2.24, 2.45) is 0 Å². The molecule has 9 aromatic rings. The summed E-state index contributed by atoms with van der Waals surface area (Å²) >= 11 is 0. The molecule has 0 bridgehead atoms. The molecule has 55 heavy (non-hydrogen) atoms. The van der Waals surface area contributed by atoms with E-state index in [4.69, 9.17) is 4.42 Å². The third-order valence-corrected chi connectivity index (χ3v) is 12.3. The van der Waals surface area contributed by atoms with Gasteiger partial charge in [0, 0.05) is 33.0 Å². The number of nitrogens with zero attached hydrogens (tertiary/aromatic N) is 1. The lowest BCUT2D eigenvalue weighted by molar-refractivity contribution is 0.550. The molecule has 1 spiro atoms. The molecule has 262 valence electrons. The zero-order chi connectivity index (χ0) is 36.3. The van der Waals surface area contributed by atoms with Gasteiger partial charge in [-0.1, -0.05) is 165 Å². The summed E-state index contributed by atoms with van der Waals surface area (Å²) in [6.45, 7) is 0. The number of furan rings is 1. The van der Waals surface area contributed by atoms with Crippen LogP contribution in [0.3, 0.4) is 0 Å². The molecule has 0 saturated heterocycles. The molecule has 1 fully saturated rings. The molecule has 0 radical (unpaired) electrons. The zero-order valence-corrected chi connectivity index (χ0v) is 30.6. The topological polar surface area (TPSA) is 16.4 Å². The summed E-state index contributed by atoms with van der Waals surface area (Å²) < 4.78 is 6.37. The number of hydrogen-bond acceptors (Lipinski definition) is 2. The van der Waals surface area contributed by atoms with E-state index in [1.165, 1.54) is 87.0 Å². The summed E-state index contributed by atoms with van der Waals surface area (Å²) in [5.74, 6) is 0. The Hall–Kier alpha value is -6.64. The van der Waals surface area contributed by atoms with Crippen molar-refractivity contribution in [2.45, 2.75) is 31.1 Å². The number of hydrogen-bond donors (Lipinski definition) is 0. The van der Waals surface area contributed by atoms with Gasteiger partial charge in [-0.3, -0.25) is 0 Å². The fourth-order valence-electron chi connectivity index (χ4n) is 9.89. The van der Waals surface area contributed by atoms with Crippen LogP contribution in [0, 0.1) is 0 Å². The van der Waals surface area contributed by atoms with Gasteiger partial charge in [0.2, 0.25) is 0 Å². The highest BCUT2D eigenvalue weighted by atomic mass is 16.3. The summed E-state index contributed by atoms with van der Waals surface area (Å²) in [5.41, 5.74) is 18.2. The highest BCUT2D eigenvalue weighted by Crippen LogP contribution is 2.60. The maximum absolute atomic E-state index is 6.37. The van der Waals surface area contributed by atoms with Gasteiger partial charge in [0.1, 0.15) is 11.2 Å². The minimum atomic E-state index is 0.0611. The Kier molecular flexibility index (Phi) is 7.38. The van der Waals surface area contributed by atoms with Crippen LogP contribution >= 0.6 is 0 Å². The van der Waals surface area contributed by atoms with Crippen molar-refractivity contribution in [2.75, 3.05) is 4.90 Å². The average Bonchev–Trinajstić information content (AvgIpc) is 3.97. The van der Waals surface area contributed by atoms with E-state index in [-0.39, 0.29) is 5.41 Å². The van der Waals surface area contributed by atoms with Gasteiger partial charge in [-0.05, 0) is 93.7 Å². The van der Waals surface area contributed by atoms with Crippen molar-refractivity contribution < 1.29 is 4.42 Å². The predicted molar refractivity (Wildman–Crippen MR) is 229 cm³/mol. The largest absolute Gasteiger partial charge is 0.456 e. The SMILES string of the molecule is c1ccc(-c2ccccc2-c2ccccc2-c2ccccc2N(c2ccc3oc4ccccc4c3c2)c2cccc3c2-c2ccccc2C32CCCC2)cc1. The maximum atomic E-state index is 6.37. The molecule has 11 rings (SSSR count). The normalized spacial score (nSPS) is 14.0. The van der Waals surface area contributed by atoms with Crippen LogP contribution in [-0.2, 0) is 5.41 Å². The van der Waals surface area contributed by atoms with Gasteiger partial charge >= 0.3 is 0 Å². The van der Waals surface area contributed by atoms with Gasteiger partial charge in [-0.15, -0.1) is 0 Å². The van der Waals surface area contributed by atoms with Gasteiger partial charge in [0.05, 0.1) is 11.4 Å². The standard InChI is InChI=1S/C53H39NO/c1-2-17-36(18-3-1)38-19-4-5-20-39(38)40-21-6-7-22-41(40)42-23-9-12-28-48(42)54(37-31-32-51-45(35-37)43-24-10-13-30-50(43)55-51)49-29-16-27-47-52(49)44-25-8-11-26-46(44)53(47)33-14-15-34-53/h1-13,16-32,35H,14-15,33-34H2. The van der Waals surface area contributed by atoms with Gasteiger partial charge in [-0.25, -0.2) is 0 Å². The van der Waals surface area contributed by atoms with Crippen LogP contribution in [0.2, 0.25) is 0 Å². The van der Waals surface area contributed by atoms with Crippen LogP contribution in [0.25, 0.3) is 66.4 Å². The van der Waals surface area contributed by atoms with Gasteiger partial charge in [-0.2, -0.15) is 0 Å². The Balaban J connectivity index is 1.19. The van der Waals surface area contributed by atoms with Crippen LogP contribution < -0.4 is 4.90 Å². The first kappa shape index (κ1) is 31.8. The van der Waals surface area contributed by atoms with Crippen LogP contribution in [0.15, 0.2) is 192 Å². The molecule has 0 N–H and O–H groups in total. The smallest absolute Gasteiger partial charge is 0.135 e. The van der Waals surface area contributed by atoms with Crippen LogP contribution in [0.5, 0.6) is 0 Å². The van der Waals surface area contributed by atoms with E-state index in [9.17, 15) is 0 Å². The Morgan fingerprint density at radius 1 is 0.400 bits per heavy atom. The molecule has 0 atom stereocenters. The van der Waals surface area contributed by atoms with Crippen molar-refractivity contribution in [3.63, 3.8) is 0 Å². The molecule has 2 heteroatoms. The number of benzene rings is 8. The monoisotopic (exact) mass is 705 g/mol. The summed E-state index contributed by atoms with van der Waals surface area (Å²) in [4.78, 5) is 2.53. The molecule has 0 unspecified atom stereocenters. The Morgan fingerprint density at radius 2 is 0.964 bits per heavy atom. The first-order chi connectivity index (χ1) is 27.3. The van der Waals surface area contributed by atoms with Crippen LogP contribution in [0.4, 0.5) is 17.1 Å². The molecular formula is C53H39NO. The highest BCUT2D eigenvalue weighted by molar-refractivity contribution is 6.08. The molecule has 2 nitrogen and oxygen atoms in total. The molecule has 1 heterocycles. The second-order valence-corrected chi connectivity index (χ2v) is 15.1. The fourth-order valence-corrected chi connectivity index (χ4v) is 9.89. The highest BCUT2D eigenvalue weighted by Gasteiger charge is 2.46. The van der Waals surface area contributed by atoms with E-state index in [1.54, 1.807) is 0 Å². The summed E-state index contributed by atoms with van der Waals surface area (Å²) in [6.07, 6.45) is 4.91. The molecule has 1 saturated carbocycles. The third kappa shape index (κ3) is 4.95. The number of rotatable bonds is 6. The van der Waals surface area contributed by atoms with E-state index < -0.39 is 0 Å². The van der Waals surface area contributed by atoms with Gasteiger partial charge < -0.3 is 9.32 Å². The van der Waals surface area contributed by atoms with Crippen molar-refractivity contribution in [3.05, 3.63) is 199 Å². The van der Waals surface area contributed by atoms with E-state index in [2.05, 4.69) is 187 Å². The zero-order valence-electron chi connectivity index (χ0n) is 30.6. The van der Waals surface area contributed by atoms with Crippen molar-refractivity contribution in [1.29, 1.82) is 0 Å². The second kappa shape index (κ2) is 12.7. The summed E-state index contributed by atoms with van der Waals surface area (Å²) in [6, 6.07) is 68.8. The second-order valence-electron chi connectivity index (χ2n) is 15.1. The Bertz CT molecular complexity index is 2890. The Labute approximate surface area is 322 Å². The molecule has 1 aromatic heterocycles. The van der Waals surface area contributed by atoms with E-state index in [0.29, 0.717) is 0 Å². The molecular weight excluding hydrogens is 667 g/mol. The average molecular weight is 706 g/mol. The van der Waals surface area contributed by atoms with Crippen molar-refractivity contribution in [3.8, 4) is 44.5 Å². The lowest BCUT2D eigenvalue weighted by Gasteiger charge is -2.31. The minimum absolute atomic E-state index is 0.0611. The van der Waals surface area contributed by atoms with E-state index in [1.807, 2.05) is 6.07 Å². The van der Waals surface area contributed by atoms with Gasteiger partial charge in [0.15, 0.2) is 0 Å². The quantitative estimate of drug-likeness (QED) is 0.171. The van der Waals surface area contributed by atoms with Crippen molar-refractivity contribution >= 4 is 39.0 Å². The molecule has 2 aliphatic carbocycles. The summed E-state index contributed by atoms with van der Waals surface area (Å²) in [5, 5.41) is 2.25. The predicted octanol–water partition coefficient (Wildman–Crippen LogP) is 14.9. The number of fused-ring (bicyclic) bond motifs is 8. The van der Waals surface area contributed by atoms with Crippen LogP contribution in [-0.4, -0.2) is 0 Å². The number of para-hydroxylation sites is 2. The molecule has 2 aliphatic rings. The summed E-state index contributed by atoms with van der Waals surface area (Å²) in [7, 11) is 0. The molecule has 0 amide bonds. The molecule has 0 aliphatic heterocycles. The van der Waals surface area contributed by atoms with E-state index in [0.717, 1.165) is 33.3 Å². The fraction of sp³-hybridized carbons (Fsp3) is 0.0943. The lowest BCUT2D eigenvalue weighted by atomic mass is 9.77.